The van der Waals surface area contributed by atoms with E-state index in [0.29, 0.717) is 5.56 Å². The number of alkyl halides is 3. The third kappa shape index (κ3) is 2.20. The maximum absolute atomic E-state index is 12.6. The predicted molar refractivity (Wildman–Crippen MR) is 65.0 cm³/mol. The normalized spacial score (nSPS) is 12.0. The molecule has 0 saturated heterocycles. The van der Waals surface area contributed by atoms with Crippen LogP contribution in [-0.4, -0.2) is 15.0 Å². The zero-order valence-corrected chi connectivity index (χ0v) is 10.4. The van der Waals surface area contributed by atoms with Crippen LogP contribution in [0.5, 0.6) is 0 Å². The van der Waals surface area contributed by atoms with Crippen molar-refractivity contribution in [2.45, 2.75) is 6.18 Å². The van der Waals surface area contributed by atoms with Crippen LogP contribution in [0.3, 0.4) is 0 Å². The summed E-state index contributed by atoms with van der Waals surface area (Å²) in [5.74, 6) is 0.0965. The lowest BCUT2D eigenvalue weighted by molar-refractivity contribution is -0.141. The highest BCUT2D eigenvalue weighted by Crippen LogP contribution is 2.32. The zero-order chi connectivity index (χ0) is 14.3. The number of aromatic nitrogens is 3. The van der Waals surface area contributed by atoms with E-state index in [9.17, 15) is 13.2 Å². The number of fused-ring (bicyclic) bond motifs is 1. The van der Waals surface area contributed by atoms with E-state index in [2.05, 4.69) is 15.0 Å². The van der Waals surface area contributed by atoms with Crippen molar-refractivity contribution >= 4 is 22.8 Å². The van der Waals surface area contributed by atoms with E-state index in [0.717, 1.165) is 6.07 Å². The molecule has 0 spiro atoms. The van der Waals surface area contributed by atoms with Crippen LogP contribution >= 0.6 is 11.6 Å². The minimum Gasteiger partial charge on any atom is -0.418 e. The second-order valence-corrected chi connectivity index (χ2v) is 4.30. The molecule has 4 nitrogen and oxygen atoms in total. The molecular weight excluding hydrogens is 295 g/mol. The minimum atomic E-state index is -4.53. The molecule has 0 N–H and O–H groups in total. The van der Waals surface area contributed by atoms with Gasteiger partial charge in [-0.25, -0.2) is 9.97 Å². The van der Waals surface area contributed by atoms with Crippen LogP contribution in [0, 0.1) is 0 Å². The van der Waals surface area contributed by atoms with E-state index in [-0.39, 0.29) is 22.1 Å². The second-order valence-electron chi connectivity index (χ2n) is 3.89. The SMILES string of the molecule is FC(F)(F)c1ccc2nc(-c3ccncc3Cl)oc2n1. The molecule has 0 aromatic carbocycles. The Labute approximate surface area is 115 Å². The van der Waals surface area contributed by atoms with Crippen LogP contribution in [0.25, 0.3) is 22.7 Å². The van der Waals surface area contributed by atoms with E-state index in [4.69, 9.17) is 16.0 Å². The monoisotopic (exact) mass is 299 g/mol. The fourth-order valence-electron chi connectivity index (χ4n) is 1.64. The van der Waals surface area contributed by atoms with E-state index in [1.165, 1.54) is 18.5 Å². The summed E-state index contributed by atoms with van der Waals surface area (Å²) in [4.78, 5) is 11.3. The van der Waals surface area contributed by atoms with Gasteiger partial charge in [0.25, 0.3) is 0 Å². The number of halogens is 4. The van der Waals surface area contributed by atoms with Crippen LogP contribution < -0.4 is 0 Å². The largest absolute Gasteiger partial charge is 0.433 e. The average Bonchev–Trinajstić information content (AvgIpc) is 2.80. The Morgan fingerprint density at radius 1 is 1.10 bits per heavy atom. The highest BCUT2D eigenvalue weighted by Gasteiger charge is 2.33. The lowest BCUT2D eigenvalue weighted by Crippen LogP contribution is -2.07. The Balaban J connectivity index is 2.14. The first-order chi connectivity index (χ1) is 9.45. The Morgan fingerprint density at radius 3 is 2.60 bits per heavy atom. The first-order valence-electron chi connectivity index (χ1n) is 5.40. The van der Waals surface area contributed by atoms with Crippen LogP contribution in [0.2, 0.25) is 5.02 Å². The van der Waals surface area contributed by atoms with E-state index < -0.39 is 11.9 Å². The van der Waals surface area contributed by atoms with Gasteiger partial charge in [0.15, 0.2) is 0 Å². The van der Waals surface area contributed by atoms with Gasteiger partial charge in [0, 0.05) is 12.4 Å². The fraction of sp³-hybridized carbons (Fsp3) is 0.0833. The van der Waals surface area contributed by atoms with Crippen molar-refractivity contribution in [2.24, 2.45) is 0 Å². The molecule has 3 rings (SSSR count). The third-order valence-electron chi connectivity index (χ3n) is 2.55. The molecule has 8 heteroatoms. The van der Waals surface area contributed by atoms with Crippen molar-refractivity contribution in [1.29, 1.82) is 0 Å². The van der Waals surface area contributed by atoms with Gasteiger partial charge in [-0.15, -0.1) is 0 Å². The summed E-state index contributed by atoms with van der Waals surface area (Å²) in [5, 5.41) is 0.287. The molecule has 102 valence electrons. The number of hydrogen-bond acceptors (Lipinski definition) is 4. The van der Waals surface area contributed by atoms with Gasteiger partial charge in [-0.05, 0) is 18.2 Å². The fourth-order valence-corrected chi connectivity index (χ4v) is 1.84. The molecule has 3 heterocycles. The third-order valence-corrected chi connectivity index (χ3v) is 2.85. The Kier molecular flexibility index (Phi) is 2.86. The van der Waals surface area contributed by atoms with Crippen LogP contribution in [0.15, 0.2) is 35.0 Å². The molecular formula is C12H5ClF3N3O. The molecule has 0 aliphatic rings. The summed E-state index contributed by atoms with van der Waals surface area (Å²) in [5.41, 5.74) is -0.565. The lowest BCUT2D eigenvalue weighted by atomic mass is 10.3. The molecule has 0 aliphatic carbocycles. The van der Waals surface area contributed by atoms with Crippen molar-refractivity contribution in [3.8, 4) is 11.5 Å². The van der Waals surface area contributed by atoms with Gasteiger partial charge in [-0.3, -0.25) is 4.98 Å². The quantitative estimate of drug-likeness (QED) is 0.682. The van der Waals surface area contributed by atoms with Crippen molar-refractivity contribution < 1.29 is 17.6 Å². The maximum atomic E-state index is 12.6. The van der Waals surface area contributed by atoms with Crippen molar-refractivity contribution in [2.75, 3.05) is 0 Å². The van der Waals surface area contributed by atoms with E-state index in [1.807, 2.05) is 0 Å². The summed E-state index contributed by atoms with van der Waals surface area (Å²) in [6.45, 7) is 0. The molecule has 0 amide bonds. The number of hydrogen-bond donors (Lipinski definition) is 0. The highest BCUT2D eigenvalue weighted by atomic mass is 35.5. The summed E-state index contributed by atoms with van der Waals surface area (Å²) in [6, 6.07) is 3.60. The molecule has 3 aromatic rings. The predicted octanol–water partition coefficient (Wildman–Crippen LogP) is 3.96. The Morgan fingerprint density at radius 2 is 1.90 bits per heavy atom. The summed E-state index contributed by atoms with van der Waals surface area (Å²) in [6.07, 6.45) is -1.67. The van der Waals surface area contributed by atoms with Gasteiger partial charge >= 0.3 is 6.18 Å². The van der Waals surface area contributed by atoms with Gasteiger partial charge in [0.1, 0.15) is 11.2 Å². The lowest BCUT2D eigenvalue weighted by Gasteiger charge is -2.03. The van der Waals surface area contributed by atoms with E-state index >= 15 is 0 Å². The highest BCUT2D eigenvalue weighted by molar-refractivity contribution is 6.33. The van der Waals surface area contributed by atoms with Crippen LogP contribution in [0.1, 0.15) is 5.69 Å². The van der Waals surface area contributed by atoms with Gasteiger partial charge < -0.3 is 4.42 Å². The summed E-state index contributed by atoms with van der Waals surface area (Å²) < 4.78 is 42.9. The van der Waals surface area contributed by atoms with Gasteiger partial charge in [0.05, 0.1) is 10.6 Å². The topological polar surface area (TPSA) is 51.8 Å². The first kappa shape index (κ1) is 12.9. The van der Waals surface area contributed by atoms with Gasteiger partial charge in [-0.1, -0.05) is 11.6 Å². The van der Waals surface area contributed by atoms with E-state index in [1.54, 1.807) is 6.07 Å². The minimum absolute atomic E-state index is 0.0965. The standard InChI is InChI=1S/C12H5ClF3N3O/c13-7-5-17-4-3-6(7)10-18-8-1-2-9(12(14,15)16)19-11(8)20-10/h1-5H. The molecule has 3 aromatic heterocycles. The smallest absolute Gasteiger partial charge is 0.418 e. The number of rotatable bonds is 1. The van der Waals surface area contributed by atoms with Gasteiger partial charge in [0.2, 0.25) is 11.6 Å². The molecule has 0 fully saturated rings. The molecule has 0 bridgehead atoms. The summed E-state index contributed by atoms with van der Waals surface area (Å²) in [7, 11) is 0. The molecule has 0 saturated carbocycles. The Hall–Kier alpha value is -2.15. The van der Waals surface area contributed by atoms with Crippen molar-refractivity contribution in [3.05, 3.63) is 41.3 Å². The average molecular weight is 300 g/mol. The maximum Gasteiger partial charge on any atom is 0.433 e. The van der Waals surface area contributed by atoms with Crippen molar-refractivity contribution in [1.82, 2.24) is 15.0 Å². The number of oxazole rings is 1. The number of nitrogens with zero attached hydrogens (tertiary/aromatic N) is 3. The zero-order valence-electron chi connectivity index (χ0n) is 9.65. The second kappa shape index (κ2) is 4.45. The molecule has 0 radical (unpaired) electrons. The summed E-state index contributed by atoms with van der Waals surface area (Å²) >= 11 is 5.93. The first-order valence-corrected chi connectivity index (χ1v) is 5.77. The van der Waals surface area contributed by atoms with Gasteiger partial charge in [-0.2, -0.15) is 13.2 Å². The van der Waals surface area contributed by atoms with Crippen LogP contribution in [0.4, 0.5) is 13.2 Å². The Bertz CT molecular complexity index is 785. The molecule has 0 unspecified atom stereocenters. The molecule has 20 heavy (non-hydrogen) atoms. The molecule has 0 aliphatic heterocycles. The van der Waals surface area contributed by atoms with Crippen molar-refractivity contribution in [3.63, 3.8) is 0 Å². The van der Waals surface area contributed by atoms with Crippen LogP contribution in [-0.2, 0) is 6.18 Å². The molecule has 0 atom stereocenters. The number of pyridine rings is 2.